The molecule has 3 atom stereocenters. The standard InChI is InChI=1S/C26H27F3N6O5/c27-26(28,29)40-21-6-4-20(5-7-21)39-22-9-18-2-3-19(10-22)34(18)23-8-1-16(12-31-23)11-30-17-13-33-14-24(35(36)37)32-25(33)38-15-17/h1,4-8,12,14,17-19,22,30H,2-3,9-11,13,15H2. The van der Waals surface area contributed by atoms with Gasteiger partial charge in [0.25, 0.3) is 0 Å². The van der Waals surface area contributed by atoms with Crippen LogP contribution in [0.1, 0.15) is 31.2 Å². The first-order chi connectivity index (χ1) is 19.2. The van der Waals surface area contributed by atoms with E-state index in [2.05, 4.69) is 19.9 Å². The number of nitrogens with zero attached hydrogens (tertiary/aromatic N) is 5. The number of hydrogen-bond donors (Lipinski definition) is 1. The second kappa shape index (κ2) is 10.5. The minimum absolute atomic E-state index is 0.0239. The van der Waals surface area contributed by atoms with E-state index in [-0.39, 0.29) is 41.8 Å². The lowest BCUT2D eigenvalue weighted by atomic mass is 9.99. The Morgan fingerprint density at radius 2 is 1.82 bits per heavy atom. The molecule has 0 radical (unpaired) electrons. The number of alkyl halides is 3. The molecule has 6 rings (SSSR count). The van der Waals surface area contributed by atoms with Crippen molar-refractivity contribution in [2.45, 2.75) is 69.4 Å². The third-order valence-corrected chi connectivity index (χ3v) is 7.46. The van der Waals surface area contributed by atoms with Gasteiger partial charge in [0, 0.05) is 49.2 Å². The van der Waals surface area contributed by atoms with Gasteiger partial charge in [-0.1, -0.05) is 6.07 Å². The Labute approximate surface area is 227 Å². The Balaban J connectivity index is 1.01. The first-order valence-corrected chi connectivity index (χ1v) is 13.0. The summed E-state index contributed by atoms with van der Waals surface area (Å²) in [5.41, 5.74) is 1.01. The minimum atomic E-state index is -4.72. The Kier molecular flexibility index (Phi) is 6.86. The third-order valence-electron chi connectivity index (χ3n) is 7.46. The molecule has 1 aromatic carbocycles. The maximum Gasteiger partial charge on any atom is 0.573 e. The zero-order chi connectivity index (χ0) is 27.9. The smallest absolute Gasteiger partial charge is 0.490 e. The van der Waals surface area contributed by atoms with Crippen molar-refractivity contribution in [3.05, 3.63) is 64.5 Å². The van der Waals surface area contributed by atoms with Crippen LogP contribution in [0.2, 0.25) is 0 Å². The highest BCUT2D eigenvalue weighted by Gasteiger charge is 2.42. The van der Waals surface area contributed by atoms with E-state index in [4.69, 9.17) is 14.5 Å². The largest absolute Gasteiger partial charge is 0.573 e. The van der Waals surface area contributed by atoms with E-state index >= 15 is 0 Å². The molecule has 0 saturated carbocycles. The molecular formula is C26H27F3N6O5. The van der Waals surface area contributed by atoms with Crippen LogP contribution in [0.3, 0.4) is 0 Å². The average molecular weight is 561 g/mol. The maximum atomic E-state index is 12.4. The van der Waals surface area contributed by atoms with Crippen LogP contribution in [0.15, 0.2) is 48.8 Å². The predicted octanol–water partition coefficient (Wildman–Crippen LogP) is 4.21. The van der Waals surface area contributed by atoms with Gasteiger partial charge < -0.3 is 34.5 Å². The summed E-state index contributed by atoms with van der Waals surface area (Å²) in [4.78, 5) is 21.4. The van der Waals surface area contributed by atoms with Gasteiger partial charge >= 0.3 is 18.2 Å². The Morgan fingerprint density at radius 3 is 2.48 bits per heavy atom. The lowest BCUT2D eigenvalue weighted by Gasteiger charge is -2.39. The summed E-state index contributed by atoms with van der Waals surface area (Å²) in [6, 6.07) is 10.4. The number of rotatable bonds is 8. The summed E-state index contributed by atoms with van der Waals surface area (Å²) < 4.78 is 54.4. The number of benzene rings is 1. The number of nitrogens with one attached hydrogen (secondary N) is 1. The molecule has 0 amide bonds. The van der Waals surface area contributed by atoms with Crippen LogP contribution in [0.25, 0.3) is 0 Å². The fourth-order valence-electron chi connectivity index (χ4n) is 5.75. The number of pyridine rings is 1. The van der Waals surface area contributed by atoms with E-state index in [1.807, 2.05) is 18.3 Å². The van der Waals surface area contributed by atoms with Crippen LogP contribution in [0.5, 0.6) is 17.5 Å². The van der Waals surface area contributed by atoms with Gasteiger partial charge in [-0.25, -0.2) is 4.98 Å². The molecule has 3 aliphatic rings. The number of piperidine rings is 1. The van der Waals surface area contributed by atoms with E-state index in [0.29, 0.717) is 25.4 Å². The maximum absolute atomic E-state index is 12.4. The molecule has 2 saturated heterocycles. The first kappa shape index (κ1) is 26.2. The van der Waals surface area contributed by atoms with Gasteiger partial charge in [-0.2, -0.15) is 0 Å². The van der Waals surface area contributed by atoms with Crippen LogP contribution >= 0.6 is 0 Å². The molecule has 5 heterocycles. The van der Waals surface area contributed by atoms with Gasteiger partial charge in [0.05, 0.1) is 6.04 Å². The average Bonchev–Trinajstić information content (AvgIpc) is 3.46. The predicted molar refractivity (Wildman–Crippen MR) is 135 cm³/mol. The van der Waals surface area contributed by atoms with Crippen molar-refractivity contribution in [1.29, 1.82) is 0 Å². The molecule has 0 aliphatic carbocycles. The Hall–Kier alpha value is -4.07. The molecule has 1 N–H and O–H groups in total. The van der Waals surface area contributed by atoms with Gasteiger partial charge in [0.2, 0.25) is 0 Å². The van der Waals surface area contributed by atoms with Crippen LogP contribution < -0.4 is 24.4 Å². The Bertz CT molecular complexity index is 1340. The van der Waals surface area contributed by atoms with Gasteiger partial charge in [0.15, 0.2) is 0 Å². The number of anilines is 1. The highest BCUT2D eigenvalue weighted by molar-refractivity contribution is 5.45. The van der Waals surface area contributed by atoms with Gasteiger partial charge in [-0.05, 0) is 53.7 Å². The topological polar surface area (TPSA) is 117 Å². The zero-order valence-corrected chi connectivity index (χ0v) is 21.3. The number of aromatic nitrogens is 3. The van der Waals surface area contributed by atoms with E-state index in [9.17, 15) is 23.3 Å². The highest BCUT2D eigenvalue weighted by Crippen LogP contribution is 2.40. The van der Waals surface area contributed by atoms with Crippen LogP contribution in [0.4, 0.5) is 24.8 Å². The van der Waals surface area contributed by atoms with Crippen molar-refractivity contribution in [1.82, 2.24) is 19.9 Å². The SMILES string of the molecule is O=[N+]([O-])c1cn2c(n1)OCC(NCc1ccc(N3C4CCC3CC(Oc3ccc(OC(F)(F)F)cc3)C4)nc1)C2. The summed E-state index contributed by atoms with van der Waals surface area (Å²) in [5.74, 6) is 0.937. The third kappa shape index (κ3) is 5.76. The Morgan fingerprint density at radius 1 is 1.10 bits per heavy atom. The lowest BCUT2D eigenvalue weighted by molar-refractivity contribution is -0.389. The van der Waals surface area contributed by atoms with Crippen molar-refractivity contribution >= 4 is 11.6 Å². The molecule has 3 unspecified atom stereocenters. The van der Waals surface area contributed by atoms with Crippen molar-refractivity contribution in [3.8, 4) is 17.5 Å². The van der Waals surface area contributed by atoms with Gasteiger partial charge in [-0.3, -0.25) is 4.57 Å². The quantitative estimate of drug-likeness (QED) is 0.319. The van der Waals surface area contributed by atoms with Crippen molar-refractivity contribution in [3.63, 3.8) is 0 Å². The number of hydrogen-bond acceptors (Lipinski definition) is 9. The molecule has 2 bridgehead atoms. The minimum Gasteiger partial charge on any atom is -0.490 e. The van der Waals surface area contributed by atoms with E-state index in [1.165, 1.54) is 30.5 Å². The lowest BCUT2D eigenvalue weighted by Crippen LogP contribution is -2.46. The second-order valence-electron chi connectivity index (χ2n) is 10.2. The van der Waals surface area contributed by atoms with E-state index in [0.717, 1.165) is 37.1 Å². The molecule has 3 aromatic rings. The first-order valence-electron chi connectivity index (χ1n) is 13.0. The number of ether oxygens (including phenoxy) is 3. The van der Waals surface area contributed by atoms with Crippen LogP contribution in [0, 0.1) is 10.1 Å². The van der Waals surface area contributed by atoms with Crippen molar-refractivity contribution in [2.75, 3.05) is 11.5 Å². The fraction of sp³-hybridized carbons (Fsp3) is 0.462. The molecule has 0 spiro atoms. The summed E-state index contributed by atoms with van der Waals surface area (Å²) in [6.45, 7) is 1.46. The normalized spacial score (nSPS) is 23.8. The molecular weight excluding hydrogens is 533 g/mol. The van der Waals surface area contributed by atoms with Crippen LogP contribution in [-0.4, -0.2) is 56.7 Å². The molecule has 2 aromatic heterocycles. The highest BCUT2D eigenvalue weighted by atomic mass is 19.4. The fourth-order valence-corrected chi connectivity index (χ4v) is 5.75. The summed E-state index contributed by atoms with van der Waals surface area (Å²) in [6.07, 6.45) is 2.16. The number of fused-ring (bicyclic) bond motifs is 3. The molecule has 3 aliphatic heterocycles. The summed E-state index contributed by atoms with van der Waals surface area (Å²) >= 11 is 0. The molecule has 2 fully saturated rings. The summed E-state index contributed by atoms with van der Waals surface area (Å²) in [7, 11) is 0. The van der Waals surface area contributed by atoms with Crippen molar-refractivity contribution < 1.29 is 32.3 Å². The van der Waals surface area contributed by atoms with E-state index in [1.54, 1.807) is 4.57 Å². The summed E-state index contributed by atoms with van der Waals surface area (Å²) in [5, 5.41) is 14.4. The van der Waals surface area contributed by atoms with E-state index < -0.39 is 11.3 Å². The zero-order valence-electron chi connectivity index (χ0n) is 21.3. The molecule has 14 heteroatoms. The van der Waals surface area contributed by atoms with Crippen LogP contribution in [-0.2, 0) is 13.1 Å². The monoisotopic (exact) mass is 560 g/mol. The molecule has 11 nitrogen and oxygen atoms in total. The van der Waals surface area contributed by atoms with Crippen molar-refractivity contribution in [2.24, 2.45) is 0 Å². The molecule has 40 heavy (non-hydrogen) atoms. The second-order valence-corrected chi connectivity index (χ2v) is 10.2. The van der Waals surface area contributed by atoms with Gasteiger partial charge in [-0.15, -0.1) is 13.2 Å². The number of nitro groups is 1. The number of halogens is 3. The number of imidazole rings is 1. The van der Waals surface area contributed by atoms with Gasteiger partial charge in [0.1, 0.15) is 36.2 Å². The molecule has 212 valence electrons.